The molecular weight excluding hydrogens is 541 g/mol. The van der Waals surface area contributed by atoms with Crippen LogP contribution < -0.4 is 15.5 Å². The van der Waals surface area contributed by atoms with Gasteiger partial charge in [0.2, 0.25) is 5.95 Å². The molecule has 2 aromatic carbocycles. The molecule has 0 spiro atoms. The summed E-state index contributed by atoms with van der Waals surface area (Å²) in [6, 6.07) is 10.5. The number of amides is 1. The molecule has 216 valence electrons. The fraction of sp³-hybridized carbons (Fsp3) is 0.385. The van der Waals surface area contributed by atoms with Crippen molar-refractivity contribution in [2.24, 2.45) is 0 Å². The molecule has 1 amide bonds. The molecule has 3 aromatic rings. The number of alkyl halides is 3. The maximum atomic E-state index is 13.4. The molecule has 1 heterocycles. The van der Waals surface area contributed by atoms with E-state index in [9.17, 15) is 31.9 Å². The number of nitrogens with zero attached hydrogens (tertiary/aromatic N) is 3. The van der Waals surface area contributed by atoms with Gasteiger partial charge in [-0.1, -0.05) is 12.1 Å². The summed E-state index contributed by atoms with van der Waals surface area (Å²) in [7, 11) is 3.89. The number of rotatable bonds is 6. The number of hydrogen-bond acceptors (Lipinski definition) is 7. The average Bonchev–Trinajstić information content (AvgIpc) is 2.88. The molecule has 1 saturated carbocycles. The first kappa shape index (κ1) is 30.5. The van der Waals surface area contributed by atoms with Gasteiger partial charge in [0.05, 0.1) is 5.52 Å². The number of carboxylic acids is 1. The first-order valence-corrected chi connectivity index (χ1v) is 12.2. The number of fused-ring (bicyclic) bond motifs is 1. The first-order chi connectivity index (χ1) is 18.7. The van der Waals surface area contributed by atoms with Crippen LogP contribution in [-0.2, 0) is 9.59 Å². The topological polar surface area (TPSA) is 128 Å². The summed E-state index contributed by atoms with van der Waals surface area (Å²) in [5, 5.41) is 24.5. The van der Waals surface area contributed by atoms with Gasteiger partial charge in [-0.05, 0) is 55.5 Å². The Morgan fingerprint density at radius 1 is 0.975 bits per heavy atom. The average molecular weight is 570 g/mol. The van der Waals surface area contributed by atoms with Gasteiger partial charge in [-0.3, -0.25) is 4.79 Å². The van der Waals surface area contributed by atoms with Gasteiger partial charge in [-0.15, -0.1) is 0 Å². The predicted octanol–water partition coefficient (Wildman–Crippen LogP) is 4.18. The van der Waals surface area contributed by atoms with Crippen molar-refractivity contribution in [2.75, 3.05) is 24.3 Å². The molecule has 40 heavy (non-hydrogen) atoms. The number of aromatic nitrogens is 2. The van der Waals surface area contributed by atoms with Crippen molar-refractivity contribution in [3.05, 3.63) is 59.7 Å². The van der Waals surface area contributed by atoms with Crippen molar-refractivity contribution in [2.45, 2.75) is 50.0 Å². The third kappa shape index (κ3) is 8.21. The minimum Gasteiger partial charge on any atom is -0.475 e. The molecule has 1 aromatic heterocycles. The highest BCUT2D eigenvalue weighted by atomic mass is 19.4. The van der Waals surface area contributed by atoms with E-state index in [-0.39, 0.29) is 17.6 Å². The summed E-state index contributed by atoms with van der Waals surface area (Å²) in [6.45, 7) is 0. The molecule has 0 saturated heterocycles. The number of anilines is 2. The Morgan fingerprint density at radius 3 is 2.08 bits per heavy atom. The molecule has 1 atom stereocenters. The number of halogens is 5. The van der Waals surface area contributed by atoms with Crippen molar-refractivity contribution >= 4 is 34.5 Å². The Labute approximate surface area is 226 Å². The van der Waals surface area contributed by atoms with Crippen LogP contribution in [0.1, 0.15) is 37.4 Å². The van der Waals surface area contributed by atoms with E-state index in [1.165, 1.54) is 0 Å². The zero-order valence-electron chi connectivity index (χ0n) is 21.5. The van der Waals surface area contributed by atoms with Crippen molar-refractivity contribution in [3.63, 3.8) is 0 Å². The van der Waals surface area contributed by atoms with Gasteiger partial charge in [-0.25, -0.2) is 18.6 Å². The molecule has 1 aliphatic carbocycles. The van der Waals surface area contributed by atoms with E-state index in [0.717, 1.165) is 41.7 Å². The van der Waals surface area contributed by atoms with Gasteiger partial charge in [0.25, 0.3) is 5.91 Å². The lowest BCUT2D eigenvalue weighted by Crippen LogP contribution is -2.42. The molecule has 0 radical (unpaired) electrons. The zero-order chi connectivity index (χ0) is 29.6. The van der Waals surface area contributed by atoms with Crippen LogP contribution in [0.5, 0.6) is 0 Å². The largest absolute Gasteiger partial charge is 0.490 e. The molecule has 1 unspecified atom stereocenters. The van der Waals surface area contributed by atoms with Crippen molar-refractivity contribution in [1.29, 1.82) is 0 Å². The number of nitrogens with one attached hydrogen (secondary N) is 2. The molecule has 0 bridgehead atoms. The molecule has 4 rings (SSSR count). The van der Waals surface area contributed by atoms with Crippen LogP contribution in [0.15, 0.2) is 42.5 Å². The number of aliphatic hydroxyl groups excluding tert-OH is 1. The molecule has 14 heteroatoms. The quantitative estimate of drug-likeness (QED) is 0.326. The number of carboxylic acid groups (broad SMARTS) is 1. The summed E-state index contributed by atoms with van der Waals surface area (Å²) in [5.74, 6) is -3.69. The normalized spacial score (nSPS) is 17.8. The monoisotopic (exact) mass is 569 g/mol. The standard InChI is InChI=1S/C24H27F2N5O2.C2HF3O2/c1-31(2)22-19-5-3-4-6-20(19)29-24(30-22)28-18-9-7-17(8-10-18)27-23(33)21(32)14-11-15(25)13-16(26)12-14;3-2(4,5)1(6)7/h3-6,11-13,17-18,21,32H,7-10H2,1-2H3,(H,27,33)(H,28,29,30);(H,6,7)/t17-,18+,21?;. The summed E-state index contributed by atoms with van der Waals surface area (Å²) in [4.78, 5) is 32.5. The van der Waals surface area contributed by atoms with Gasteiger partial charge in [0, 0.05) is 37.6 Å². The molecular formula is C26H28F5N5O4. The number of carbonyl (C=O) groups excluding carboxylic acids is 1. The van der Waals surface area contributed by atoms with Gasteiger partial charge < -0.3 is 25.7 Å². The van der Waals surface area contributed by atoms with Crippen LogP contribution in [0, 0.1) is 11.6 Å². The maximum Gasteiger partial charge on any atom is 0.490 e. The summed E-state index contributed by atoms with van der Waals surface area (Å²) < 4.78 is 58.5. The molecule has 1 fully saturated rings. The highest BCUT2D eigenvalue weighted by molar-refractivity contribution is 5.90. The van der Waals surface area contributed by atoms with Crippen LogP contribution in [0.2, 0.25) is 0 Å². The lowest BCUT2D eigenvalue weighted by molar-refractivity contribution is -0.192. The smallest absolute Gasteiger partial charge is 0.475 e. The minimum atomic E-state index is -5.08. The number of para-hydroxylation sites is 1. The number of aliphatic carboxylic acids is 1. The highest BCUT2D eigenvalue weighted by Crippen LogP contribution is 2.27. The fourth-order valence-electron chi connectivity index (χ4n) is 4.19. The van der Waals surface area contributed by atoms with Crippen LogP contribution in [0.3, 0.4) is 0 Å². The lowest BCUT2D eigenvalue weighted by Gasteiger charge is -2.30. The van der Waals surface area contributed by atoms with Crippen molar-refractivity contribution in [3.8, 4) is 0 Å². The number of hydrogen-bond donors (Lipinski definition) is 4. The van der Waals surface area contributed by atoms with Crippen LogP contribution in [0.4, 0.5) is 33.7 Å². The molecule has 1 aliphatic rings. The van der Waals surface area contributed by atoms with Gasteiger partial charge in [0.1, 0.15) is 17.5 Å². The summed E-state index contributed by atoms with van der Waals surface area (Å²) in [6.07, 6.45) is -3.75. The summed E-state index contributed by atoms with van der Waals surface area (Å²) in [5.41, 5.74) is 0.757. The first-order valence-electron chi connectivity index (χ1n) is 12.2. The zero-order valence-corrected chi connectivity index (χ0v) is 21.5. The van der Waals surface area contributed by atoms with E-state index in [4.69, 9.17) is 9.90 Å². The second-order valence-corrected chi connectivity index (χ2v) is 9.39. The number of benzene rings is 2. The SMILES string of the molecule is CN(C)c1nc(N[C@H]2CC[C@@H](NC(=O)C(O)c3cc(F)cc(F)c3)CC2)nc2ccccc12.O=C(O)C(F)(F)F. The summed E-state index contributed by atoms with van der Waals surface area (Å²) >= 11 is 0. The second kappa shape index (κ2) is 12.9. The Balaban J connectivity index is 0.000000559. The third-order valence-corrected chi connectivity index (χ3v) is 6.10. The molecule has 4 N–H and O–H groups in total. The van der Waals surface area contributed by atoms with Crippen LogP contribution in [0.25, 0.3) is 10.9 Å². The molecule has 9 nitrogen and oxygen atoms in total. The van der Waals surface area contributed by atoms with Gasteiger partial charge in [0.15, 0.2) is 6.10 Å². The fourth-order valence-corrected chi connectivity index (χ4v) is 4.19. The number of carbonyl (C=O) groups is 2. The van der Waals surface area contributed by atoms with Crippen molar-refractivity contribution in [1.82, 2.24) is 15.3 Å². The lowest BCUT2D eigenvalue weighted by atomic mass is 9.91. The van der Waals surface area contributed by atoms with E-state index in [2.05, 4.69) is 20.6 Å². The van der Waals surface area contributed by atoms with Crippen molar-refractivity contribution < 1.29 is 41.8 Å². The second-order valence-electron chi connectivity index (χ2n) is 9.39. The molecule has 0 aliphatic heterocycles. The van der Waals surface area contributed by atoms with E-state index in [1.54, 1.807) is 0 Å². The van der Waals surface area contributed by atoms with Crippen LogP contribution >= 0.6 is 0 Å². The Kier molecular flexibility index (Phi) is 9.79. The Bertz CT molecular complexity index is 1330. The van der Waals surface area contributed by atoms with Gasteiger partial charge >= 0.3 is 12.1 Å². The Morgan fingerprint density at radius 2 is 1.52 bits per heavy atom. The Hall–Kier alpha value is -4.07. The van der Waals surface area contributed by atoms with E-state index < -0.39 is 35.8 Å². The van der Waals surface area contributed by atoms with Gasteiger partial charge in [-0.2, -0.15) is 18.2 Å². The van der Waals surface area contributed by atoms with E-state index >= 15 is 0 Å². The van der Waals surface area contributed by atoms with E-state index in [1.807, 2.05) is 43.3 Å². The predicted molar refractivity (Wildman–Crippen MR) is 137 cm³/mol. The highest BCUT2D eigenvalue weighted by Gasteiger charge is 2.38. The third-order valence-electron chi connectivity index (χ3n) is 6.10. The van der Waals surface area contributed by atoms with Crippen LogP contribution in [-0.4, -0.2) is 64.4 Å². The maximum absolute atomic E-state index is 13.4. The van der Waals surface area contributed by atoms with E-state index in [0.29, 0.717) is 24.9 Å². The minimum absolute atomic E-state index is 0.106. The number of aliphatic hydroxyl groups is 1.